The molecule has 0 heterocycles. The quantitative estimate of drug-likeness (QED) is 0.830. The highest BCUT2D eigenvalue weighted by Crippen LogP contribution is 2.17. The molecule has 0 radical (unpaired) electrons. The van der Waals surface area contributed by atoms with Crippen molar-refractivity contribution < 1.29 is 9.90 Å². The lowest BCUT2D eigenvalue weighted by Crippen LogP contribution is -2.31. The highest BCUT2D eigenvalue weighted by atomic mass is 16.4. The number of hydrogen-bond donors (Lipinski definition) is 1. The molecule has 1 aromatic rings. The summed E-state index contributed by atoms with van der Waals surface area (Å²) < 4.78 is 0. The van der Waals surface area contributed by atoms with Crippen molar-refractivity contribution >= 4 is 11.7 Å². The van der Waals surface area contributed by atoms with Gasteiger partial charge in [-0.15, -0.1) is 0 Å². The Balaban J connectivity index is 2.78. The zero-order chi connectivity index (χ0) is 12.1. The Kier molecular flexibility index (Phi) is 4.35. The Hall–Kier alpha value is -1.51. The second-order valence-electron chi connectivity index (χ2n) is 4.12. The fourth-order valence-electron chi connectivity index (χ4n) is 1.65. The average Bonchev–Trinajstić information content (AvgIpc) is 2.25. The lowest BCUT2D eigenvalue weighted by atomic mass is 10.1. The van der Waals surface area contributed by atoms with Gasteiger partial charge in [-0.05, 0) is 31.5 Å². The van der Waals surface area contributed by atoms with Gasteiger partial charge in [-0.3, -0.25) is 4.79 Å². The zero-order valence-electron chi connectivity index (χ0n) is 10.1. The van der Waals surface area contributed by atoms with E-state index in [4.69, 9.17) is 5.11 Å². The summed E-state index contributed by atoms with van der Waals surface area (Å²) in [7, 11) is 0. The molecule has 0 fully saturated rings. The molecule has 0 aliphatic heterocycles. The number of anilines is 1. The molecule has 1 atom stereocenters. The van der Waals surface area contributed by atoms with E-state index >= 15 is 0 Å². The molecule has 3 heteroatoms. The number of carboxylic acid groups (broad SMARTS) is 1. The van der Waals surface area contributed by atoms with Gasteiger partial charge >= 0.3 is 5.97 Å². The second-order valence-corrected chi connectivity index (χ2v) is 4.12. The van der Waals surface area contributed by atoms with Crippen LogP contribution in [0.3, 0.4) is 0 Å². The molecular weight excluding hydrogens is 202 g/mol. The smallest absolute Gasteiger partial charge is 0.308 e. The van der Waals surface area contributed by atoms with Crippen LogP contribution in [0.1, 0.15) is 19.4 Å². The molecule has 88 valence electrons. The van der Waals surface area contributed by atoms with Gasteiger partial charge in [0.2, 0.25) is 0 Å². The molecule has 0 saturated carbocycles. The van der Waals surface area contributed by atoms with E-state index in [0.717, 1.165) is 12.2 Å². The summed E-state index contributed by atoms with van der Waals surface area (Å²) >= 11 is 0. The first kappa shape index (κ1) is 12.6. The van der Waals surface area contributed by atoms with Gasteiger partial charge < -0.3 is 10.0 Å². The summed E-state index contributed by atoms with van der Waals surface area (Å²) in [5, 5.41) is 8.90. The number of carboxylic acids is 1. The maximum Gasteiger partial charge on any atom is 0.308 e. The van der Waals surface area contributed by atoms with Crippen molar-refractivity contribution in [2.45, 2.75) is 20.8 Å². The predicted molar refractivity (Wildman–Crippen MR) is 65.9 cm³/mol. The van der Waals surface area contributed by atoms with Crippen molar-refractivity contribution in [3.05, 3.63) is 29.8 Å². The van der Waals surface area contributed by atoms with Crippen LogP contribution in [0.5, 0.6) is 0 Å². The minimum absolute atomic E-state index is 0.347. The van der Waals surface area contributed by atoms with E-state index in [1.807, 2.05) is 32.0 Å². The summed E-state index contributed by atoms with van der Waals surface area (Å²) in [6.07, 6.45) is 0. The van der Waals surface area contributed by atoms with Crippen LogP contribution in [0.2, 0.25) is 0 Å². The molecule has 0 saturated heterocycles. The predicted octanol–water partition coefficient (Wildman–Crippen LogP) is 2.54. The van der Waals surface area contributed by atoms with Crippen LogP contribution in [-0.4, -0.2) is 24.2 Å². The third-order valence-electron chi connectivity index (χ3n) is 2.66. The van der Waals surface area contributed by atoms with Gasteiger partial charge in [0.25, 0.3) is 0 Å². The molecule has 0 bridgehead atoms. The second kappa shape index (κ2) is 5.54. The van der Waals surface area contributed by atoms with Crippen LogP contribution in [-0.2, 0) is 4.79 Å². The van der Waals surface area contributed by atoms with Crippen molar-refractivity contribution in [1.29, 1.82) is 0 Å². The van der Waals surface area contributed by atoms with E-state index < -0.39 is 5.97 Å². The van der Waals surface area contributed by atoms with E-state index in [1.54, 1.807) is 6.92 Å². The molecular formula is C13H19NO2. The standard InChI is InChI=1S/C13H19NO2/c1-4-14(9-11(3)13(15)16)12-7-5-6-10(2)8-12/h5-8,11H,4,9H2,1-3H3,(H,15,16). The maximum absolute atomic E-state index is 10.8. The molecule has 1 aromatic carbocycles. The first-order valence-electron chi connectivity index (χ1n) is 5.59. The minimum atomic E-state index is -0.744. The summed E-state index contributed by atoms with van der Waals surface area (Å²) in [5.41, 5.74) is 2.29. The molecule has 0 aromatic heterocycles. The van der Waals surface area contributed by atoms with Crippen LogP contribution in [0.25, 0.3) is 0 Å². The highest BCUT2D eigenvalue weighted by molar-refractivity contribution is 5.70. The number of nitrogens with zero attached hydrogens (tertiary/aromatic N) is 1. The van der Waals surface area contributed by atoms with Gasteiger partial charge in [-0.25, -0.2) is 0 Å². The number of benzene rings is 1. The van der Waals surface area contributed by atoms with Crippen molar-refractivity contribution in [3.63, 3.8) is 0 Å². The fraction of sp³-hybridized carbons (Fsp3) is 0.462. The first-order chi connectivity index (χ1) is 7.54. The summed E-state index contributed by atoms with van der Waals surface area (Å²) in [6, 6.07) is 8.14. The third-order valence-corrected chi connectivity index (χ3v) is 2.66. The number of aryl methyl sites for hydroxylation is 1. The van der Waals surface area contributed by atoms with Crippen LogP contribution >= 0.6 is 0 Å². The number of rotatable bonds is 5. The lowest BCUT2D eigenvalue weighted by Gasteiger charge is -2.25. The van der Waals surface area contributed by atoms with Gasteiger partial charge in [-0.1, -0.05) is 19.1 Å². The summed E-state index contributed by atoms with van der Waals surface area (Å²) in [5.74, 6) is -1.09. The molecule has 1 unspecified atom stereocenters. The Morgan fingerprint density at radius 3 is 2.69 bits per heavy atom. The highest BCUT2D eigenvalue weighted by Gasteiger charge is 2.15. The molecule has 1 rings (SSSR count). The molecule has 0 aliphatic carbocycles. The van der Waals surface area contributed by atoms with E-state index in [2.05, 4.69) is 11.0 Å². The largest absolute Gasteiger partial charge is 0.481 e. The third kappa shape index (κ3) is 3.26. The summed E-state index contributed by atoms with van der Waals surface area (Å²) in [6.45, 7) is 7.19. The Morgan fingerprint density at radius 2 is 2.19 bits per heavy atom. The van der Waals surface area contributed by atoms with Crippen LogP contribution in [0, 0.1) is 12.8 Å². The van der Waals surface area contributed by atoms with E-state index in [9.17, 15) is 4.79 Å². The van der Waals surface area contributed by atoms with Gasteiger partial charge in [0.05, 0.1) is 5.92 Å². The molecule has 16 heavy (non-hydrogen) atoms. The number of carbonyl (C=O) groups is 1. The summed E-state index contributed by atoms with van der Waals surface area (Å²) in [4.78, 5) is 12.9. The van der Waals surface area contributed by atoms with Crippen LogP contribution < -0.4 is 4.90 Å². The van der Waals surface area contributed by atoms with Crippen LogP contribution in [0.4, 0.5) is 5.69 Å². The SMILES string of the molecule is CCN(CC(C)C(=O)O)c1cccc(C)c1. The normalized spacial score (nSPS) is 12.2. The van der Waals surface area contributed by atoms with E-state index in [-0.39, 0.29) is 5.92 Å². The number of aliphatic carboxylic acids is 1. The molecule has 0 amide bonds. The van der Waals surface area contributed by atoms with Gasteiger partial charge in [0, 0.05) is 18.8 Å². The van der Waals surface area contributed by atoms with E-state index in [1.165, 1.54) is 5.56 Å². The monoisotopic (exact) mass is 221 g/mol. The Morgan fingerprint density at radius 1 is 1.50 bits per heavy atom. The van der Waals surface area contributed by atoms with Crippen molar-refractivity contribution in [3.8, 4) is 0 Å². The number of hydrogen-bond acceptors (Lipinski definition) is 2. The Labute approximate surface area is 96.7 Å². The van der Waals surface area contributed by atoms with Gasteiger partial charge in [0.1, 0.15) is 0 Å². The molecule has 3 nitrogen and oxygen atoms in total. The van der Waals surface area contributed by atoms with E-state index in [0.29, 0.717) is 6.54 Å². The first-order valence-corrected chi connectivity index (χ1v) is 5.59. The fourth-order valence-corrected chi connectivity index (χ4v) is 1.65. The lowest BCUT2D eigenvalue weighted by molar-refractivity contribution is -0.140. The van der Waals surface area contributed by atoms with Crippen molar-refractivity contribution in [2.75, 3.05) is 18.0 Å². The van der Waals surface area contributed by atoms with Crippen molar-refractivity contribution in [2.24, 2.45) is 5.92 Å². The minimum Gasteiger partial charge on any atom is -0.481 e. The zero-order valence-corrected chi connectivity index (χ0v) is 10.1. The topological polar surface area (TPSA) is 40.5 Å². The maximum atomic E-state index is 10.8. The molecule has 0 aliphatic rings. The van der Waals surface area contributed by atoms with Crippen molar-refractivity contribution in [1.82, 2.24) is 0 Å². The van der Waals surface area contributed by atoms with Crippen LogP contribution in [0.15, 0.2) is 24.3 Å². The average molecular weight is 221 g/mol. The Bertz CT molecular complexity index is 363. The van der Waals surface area contributed by atoms with Gasteiger partial charge in [-0.2, -0.15) is 0 Å². The van der Waals surface area contributed by atoms with Gasteiger partial charge in [0.15, 0.2) is 0 Å². The molecule has 1 N–H and O–H groups in total. The molecule has 0 spiro atoms.